The highest BCUT2D eigenvalue weighted by Gasteiger charge is 2.30. The second-order valence-corrected chi connectivity index (χ2v) is 20.7. The molecule has 2 heterocycles. The molecular formula is C59H63N3O. The van der Waals surface area contributed by atoms with Crippen molar-refractivity contribution in [1.29, 1.82) is 0 Å². The van der Waals surface area contributed by atoms with E-state index in [0.717, 1.165) is 44.6 Å². The largest absolute Gasteiger partial charge is 0.507 e. The molecule has 0 unspecified atom stereocenters. The van der Waals surface area contributed by atoms with Crippen molar-refractivity contribution in [2.45, 2.75) is 112 Å². The first-order valence-electron chi connectivity index (χ1n) is 26.6. The molecule has 8 aromatic rings. The van der Waals surface area contributed by atoms with Gasteiger partial charge in [0.05, 0.1) is 37.6 Å². The van der Waals surface area contributed by atoms with Gasteiger partial charge in [0.1, 0.15) is 11.6 Å². The average molecular weight is 840 g/mol. The van der Waals surface area contributed by atoms with Gasteiger partial charge in [-0.3, -0.25) is 9.55 Å². The van der Waals surface area contributed by atoms with Crippen molar-refractivity contribution >= 4 is 11.0 Å². The highest BCUT2D eigenvalue weighted by molar-refractivity contribution is 5.98. The number of nitrogens with zero attached hydrogens (tertiary/aromatic N) is 3. The Bertz CT molecular complexity index is 3510. The van der Waals surface area contributed by atoms with Crippen LogP contribution in [0.25, 0.3) is 72.7 Å². The maximum Gasteiger partial charge on any atom is 0.149 e. The lowest BCUT2D eigenvalue weighted by molar-refractivity contribution is 0.446. The monoisotopic (exact) mass is 840 g/mol. The zero-order chi connectivity index (χ0) is 53.8. The van der Waals surface area contributed by atoms with Gasteiger partial charge in [0.2, 0.25) is 0 Å². The van der Waals surface area contributed by atoms with E-state index in [-0.39, 0.29) is 22.3 Å². The molecule has 0 atom stereocenters. The molecule has 8 rings (SSSR count). The molecule has 0 saturated carbocycles. The Kier molecular flexibility index (Phi) is 8.14. The molecular weight excluding hydrogens is 767 g/mol. The number of pyridine rings is 1. The van der Waals surface area contributed by atoms with E-state index in [4.69, 9.17) is 17.3 Å². The summed E-state index contributed by atoms with van der Waals surface area (Å²) in [6, 6.07) is 28.5. The fourth-order valence-corrected chi connectivity index (χ4v) is 8.01. The fraction of sp³-hybridized carbons (Fsp3) is 0.288. The molecule has 63 heavy (non-hydrogen) atoms. The Hall–Kier alpha value is -6.26. The SMILES string of the molecule is [2H]c1nc(-c2cc(-c3cccc4c3nc(-c3cc(C(C)(C)C)cc(C(C)(C)C)c3O)n4-c3ccc(C(C)(C)C)cc3-c3ccccc3)cc(C(C)(C)C)c2)c([2H])c(-c2c([2H])c([2H])c([2H])c(C([2H])([2H])[2H])c2[2H])c1[2H]. The van der Waals surface area contributed by atoms with Crippen LogP contribution in [0, 0.1) is 6.85 Å². The zero-order valence-electron chi connectivity index (χ0n) is 48.5. The van der Waals surface area contributed by atoms with Gasteiger partial charge in [-0.05, 0) is 116 Å². The van der Waals surface area contributed by atoms with Crippen molar-refractivity contribution in [1.82, 2.24) is 14.5 Å². The summed E-state index contributed by atoms with van der Waals surface area (Å²) in [7, 11) is 0. The van der Waals surface area contributed by atoms with Gasteiger partial charge in [-0.15, -0.1) is 0 Å². The molecule has 320 valence electrons. The van der Waals surface area contributed by atoms with Crippen LogP contribution in [0.1, 0.15) is 125 Å². The van der Waals surface area contributed by atoms with Crippen LogP contribution in [0.2, 0.25) is 0 Å². The lowest BCUT2D eigenvalue weighted by Gasteiger charge is -2.28. The number of aromatic hydroxyl groups is 1. The zero-order valence-corrected chi connectivity index (χ0v) is 38.5. The van der Waals surface area contributed by atoms with Crippen LogP contribution in [0.4, 0.5) is 0 Å². The minimum absolute atomic E-state index is 0.0532. The van der Waals surface area contributed by atoms with Crippen molar-refractivity contribution in [3.05, 3.63) is 167 Å². The van der Waals surface area contributed by atoms with Crippen LogP contribution >= 0.6 is 0 Å². The molecule has 0 aliphatic carbocycles. The normalized spacial score (nSPS) is 15.0. The lowest BCUT2D eigenvalue weighted by Crippen LogP contribution is -2.17. The van der Waals surface area contributed by atoms with Gasteiger partial charge in [0, 0.05) is 32.5 Å². The topological polar surface area (TPSA) is 50.9 Å². The summed E-state index contributed by atoms with van der Waals surface area (Å²) in [5.74, 6) is 0.653. The smallest absolute Gasteiger partial charge is 0.149 e. The molecule has 6 aromatic carbocycles. The van der Waals surface area contributed by atoms with Gasteiger partial charge in [-0.2, -0.15) is 0 Å². The van der Waals surface area contributed by atoms with E-state index < -0.39 is 76.8 Å². The number of rotatable bonds is 6. The molecule has 2 aromatic heterocycles. The summed E-state index contributed by atoms with van der Waals surface area (Å²) < 4.78 is 88.7. The van der Waals surface area contributed by atoms with Crippen molar-refractivity contribution in [3.63, 3.8) is 0 Å². The fourth-order valence-electron chi connectivity index (χ4n) is 8.01. The molecule has 0 aliphatic rings. The maximum absolute atomic E-state index is 12.6. The number of hydrogen-bond donors (Lipinski definition) is 1. The minimum atomic E-state index is -3.01. The summed E-state index contributed by atoms with van der Waals surface area (Å²) in [5, 5.41) is 12.6. The van der Waals surface area contributed by atoms with Crippen LogP contribution in [-0.4, -0.2) is 19.6 Å². The predicted octanol–water partition coefficient (Wildman–Crippen LogP) is 16.0. The van der Waals surface area contributed by atoms with Crippen LogP contribution in [0.15, 0.2) is 139 Å². The van der Waals surface area contributed by atoms with Gasteiger partial charge in [-0.1, -0.05) is 173 Å². The molecule has 1 N–H and O–H groups in total. The van der Waals surface area contributed by atoms with Crippen LogP contribution in [-0.2, 0) is 21.7 Å². The van der Waals surface area contributed by atoms with Gasteiger partial charge in [0.25, 0.3) is 0 Å². The van der Waals surface area contributed by atoms with E-state index in [0.29, 0.717) is 33.6 Å². The number of para-hydroxylation sites is 1. The summed E-state index contributed by atoms with van der Waals surface area (Å²) in [6.07, 6.45) is -0.580. The van der Waals surface area contributed by atoms with E-state index in [1.807, 2.05) is 75.4 Å². The number of imidazole rings is 1. The third kappa shape index (κ3) is 8.61. The molecule has 0 fully saturated rings. The Morgan fingerprint density at radius 3 is 1.90 bits per heavy atom. The number of phenols is 1. The molecule has 4 heteroatoms. The van der Waals surface area contributed by atoms with Crippen LogP contribution in [0.3, 0.4) is 0 Å². The van der Waals surface area contributed by atoms with Gasteiger partial charge in [-0.25, -0.2) is 4.98 Å². The van der Waals surface area contributed by atoms with E-state index in [2.05, 4.69) is 114 Å². The Labute approximate surface area is 389 Å². The van der Waals surface area contributed by atoms with E-state index in [1.54, 1.807) is 0 Å². The highest BCUT2D eigenvalue weighted by Crippen LogP contribution is 2.46. The van der Waals surface area contributed by atoms with Crippen molar-refractivity contribution in [2.24, 2.45) is 0 Å². The van der Waals surface area contributed by atoms with Crippen LogP contribution < -0.4 is 0 Å². The Morgan fingerprint density at radius 2 is 1.22 bits per heavy atom. The van der Waals surface area contributed by atoms with Gasteiger partial charge in [0.15, 0.2) is 0 Å². The van der Waals surface area contributed by atoms with E-state index >= 15 is 0 Å². The second kappa shape index (κ2) is 15.8. The number of fused-ring (bicyclic) bond motifs is 1. The first-order chi connectivity index (χ1) is 33.7. The second-order valence-electron chi connectivity index (χ2n) is 20.7. The third-order valence-electron chi connectivity index (χ3n) is 11.7. The van der Waals surface area contributed by atoms with E-state index in [1.165, 1.54) is 0 Å². The molecule has 0 radical (unpaired) electrons. The summed E-state index contributed by atoms with van der Waals surface area (Å²) >= 11 is 0. The Balaban J connectivity index is 1.49. The minimum Gasteiger partial charge on any atom is -0.507 e. The molecule has 4 nitrogen and oxygen atoms in total. The average Bonchev–Trinajstić information content (AvgIpc) is 3.68. The maximum atomic E-state index is 12.6. The molecule has 0 saturated heterocycles. The third-order valence-corrected chi connectivity index (χ3v) is 11.7. The number of hydrogen-bond acceptors (Lipinski definition) is 3. The summed E-state index contributed by atoms with van der Waals surface area (Å²) in [6.45, 7) is 22.4. The molecule has 0 aliphatic heterocycles. The molecule has 0 bridgehead atoms. The molecule has 0 spiro atoms. The Morgan fingerprint density at radius 1 is 0.556 bits per heavy atom. The predicted molar refractivity (Wildman–Crippen MR) is 267 cm³/mol. The number of benzene rings is 6. The van der Waals surface area contributed by atoms with Crippen molar-refractivity contribution in [2.75, 3.05) is 0 Å². The first-order valence-corrected chi connectivity index (χ1v) is 21.6. The van der Waals surface area contributed by atoms with Crippen molar-refractivity contribution in [3.8, 4) is 67.5 Å². The van der Waals surface area contributed by atoms with Crippen molar-refractivity contribution < 1.29 is 18.8 Å². The standard InChI is InChI=1S/C59H63N3O/c1-37-19-17-22-39(29-37)40-27-28-60-50(33-40)42-30-41(31-44(32-42)57(5,6)7)46-23-18-24-52-53(46)61-55(48-35-45(58(8,9)10)36-49(54(48)63)59(11,12)13)62(52)51-26-25-43(56(2,3)4)34-47(51)38-20-15-14-16-21-38/h14-36,63H,1-13H3/i1D3,17D,19D,22D,27D,28D,29D,33D. The summed E-state index contributed by atoms with van der Waals surface area (Å²) in [5.41, 5.74) is 7.21. The quantitative estimate of drug-likeness (QED) is 0.181. The number of phenolic OH excluding ortho intramolecular Hbond substituents is 1. The lowest BCUT2D eigenvalue weighted by atomic mass is 9.79. The van der Waals surface area contributed by atoms with Crippen LogP contribution in [0.5, 0.6) is 5.75 Å². The highest BCUT2D eigenvalue weighted by atomic mass is 16.3. The number of aromatic nitrogens is 3. The van der Waals surface area contributed by atoms with E-state index in [9.17, 15) is 6.48 Å². The van der Waals surface area contributed by atoms with Gasteiger partial charge < -0.3 is 5.11 Å². The van der Waals surface area contributed by atoms with Gasteiger partial charge >= 0.3 is 0 Å². The summed E-state index contributed by atoms with van der Waals surface area (Å²) in [4.78, 5) is 10.0. The first kappa shape index (κ1) is 32.4. The molecule has 0 amide bonds.